The molecule has 0 aromatic carbocycles. The first-order chi connectivity index (χ1) is 12.7. The maximum absolute atomic E-state index is 12.0. The molecule has 4 aromatic rings. The first kappa shape index (κ1) is 16.2. The van der Waals surface area contributed by atoms with Gasteiger partial charge in [0.1, 0.15) is 5.01 Å². The number of aromatic nitrogens is 6. The van der Waals surface area contributed by atoms with Crippen molar-refractivity contribution in [3.05, 3.63) is 44.6 Å². The highest BCUT2D eigenvalue weighted by Crippen LogP contribution is 2.42. The minimum absolute atomic E-state index is 0.138. The van der Waals surface area contributed by atoms with E-state index >= 15 is 0 Å². The van der Waals surface area contributed by atoms with E-state index in [-0.39, 0.29) is 5.56 Å². The molecule has 0 atom stereocenters. The van der Waals surface area contributed by atoms with Crippen molar-refractivity contribution in [1.82, 2.24) is 29.4 Å². The maximum atomic E-state index is 12.0. The molecule has 0 aliphatic heterocycles. The fourth-order valence-electron chi connectivity index (χ4n) is 2.76. The van der Waals surface area contributed by atoms with Gasteiger partial charge in [0.25, 0.3) is 5.56 Å². The second-order valence-electron chi connectivity index (χ2n) is 6.10. The molecule has 4 aromatic heterocycles. The molecule has 132 valence electrons. The number of thioether (sulfide) groups is 1. The zero-order chi connectivity index (χ0) is 17.7. The van der Waals surface area contributed by atoms with Crippen LogP contribution < -0.4 is 5.56 Å². The SMILES string of the molecule is Cc1cc(=O)n2nc(CSc3nnc(-c4cccs4)n3C3CC3)sc2n1. The minimum Gasteiger partial charge on any atom is -0.298 e. The number of aryl methyl sites for hydroxylation is 1. The first-order valence-electron chi connectivity index (χ1n) is 8.17. The predicted molar refractivity (Wildman–Crippen MR) is 103 cm³/mol. The van der Waals surface area contributed by atoms with Gasteiger partial charge in [0.2, 0.25) is 4.96 Å². The van der Waals surface area contributed by atoms with Crippen molar-refractivity contribution in [2.45, 2.75) is 36.7 Å². The highest BCUT2D eigenvalue weighted by molar-refractivity contribution is 7.98. The second-order valence-corrected chi connectivity index (χ2v) is 9.03. The van der Waals surface area contributed by atoms with Gasteiger partial charge in [0.05, 0.1) is 10.6 Å². The van der Waals surface area contributed by atoms with Crippen LogP contribution in [0.15, 0.2) is 33.5 Å². The third kappa shape index (κ3) is 2.87. The van der Waals surface area contributed by atoms with E-state index in [4.69, 9.17) is 0 Å². The average molecular weight is 403 g/mol. The predicted octanol–water partition coefficient (Wildman–Crippen LogP) is 3.41. The summed E-state index contributed by atoms with van der Waals surface area (Å²) in [6, 6.07) is 6.11. The lowest BCUT2D eigenvalue weighted by Crippen LogP contribution is -2.14. The monoisotopic (exact) mass is 402 g/mol. The van der Waals surface area contributed by atoms with Gasteiger partial charge >= 0.3 is 0 Å². The summed E-state index contributed by atoms with van der Waals surface area (Å²) in [6.07, 6.45) is 2.34. The summed E-state index contributed by atoms with van der Waals surface area (Å²) in [4.78, 5) is 18.2. The minimum atomic E-state index is -0.138. The Morgan fingerprint density at radius 2 is 2.23 bits per heavy atom. The lowest BCUT2D eigenvalue weighted by Gasteiger charge is -2.06. The molecule has 26 heavy (non-hydrogen) atoms. The summed E-state index contributed by atoms with van der Waals surface area (Å²) in [7, 11) is 0. The molecule has 0 amide bonds. The van der Waals surface area contributed by atoms with Crippen molar-refractivity contribution in [3.8, 4) is 10.7 Å². The Bertz CT molecular complexity index is 1140. The quantitative estimate of drug-likeness (QED) is 0.476. The molecule has 5 rings (SSSR count). The van der Waals surface area contributed by atoms with Gasteiger partial charge in [0, 0.05) is 17.8 Å². The van der Waals surface area contributed by atoms with Crippen LogP contribution in [0.3, 0.4) is 0 Å². The molecule has 0 saturated heterocycles. The Balaban J connectivity index is 1.44. The van der Waals surface area contributed by atoms with Crippen LogP contribution in [0.1, 0.15) is 29.6 Å². The number of fused-ring (bicyclic) bond motifs is 1. The van der Waals surface area contributed by atoms with Crippen LogP contribution in [0.4, 0.5) is 0 Å². The standard InChI is InChI=1S/C16H14N6OS3/c1-9-7-13(23)22-15(17-9)26-12(20-22)8-25-16-19-18-14(11-3-2-6-24-11)21(16)10-4-5-10/h2-3,6-7,10H,4-5,8H2,1H3. The van der Waals surface area contributed by atoms with Crippen molar-refractivity contribution >= 4 is 39.4 Å². The summed E-state index contributed by atoms with van der Waals surface area (Å²) < 4.78 is 3.62. The van der Waals surface area contributed by atoms with E-state index < -0.39 is 0 Å². The second kappa shape index (κ2) is 6.29. The molecule has 0 radical (unpaired) electrons. The molecule has 10 heteroatoms. The fourth-order valence-corrected chi connectivity index (χ4v) is 5.40. The highest BCUT2D eigenvalue weighted by atomic mass is 32.2. The van der Waals surface area contributed by atoms with Gasteiger partial charge in [-0.05, 0) is 31.2 Å². The van der Waals surface area contributed by atoms with Gasteiger partial charge in [-0.25, -0.2) is 4.98 Å². The molecule has 1 fully saturated rings. The Hall–Kier alpha value is -2.04. The summed E-state index contributed by atoms with van der Waals surface area (Å²) in [5.41, 5.74) is 0.577. The number of nitrogens with zero attached hydrogens (tertiary/aromatic N) is 6. The van der Waals surface area contributed by atoms with Crippen LogP contribution in [0.5, 0.6) is 0 Å². The summed E-state index contributed by atoms with van der Waals surface area (Å²) >= 11 is 4.73. The van der Waals surface area contributed by atoms with Gasteiger partial charge in [-0.2, -0.15) is 9.61 Å². The molecule has 7 nitrogen and oxygen atoms in total. The van der Waals surface area contributed by atoms with Gasteiger partial charge in [0.15, 0.2) is 11.0 Å². The van der Waals surface area contributed by atoms with Gasteiger partial charge in [-0.15, -0.1) is 21.5 Å². The van der Waals surface area contributed by atoms with E-state index in [1.807, 2.05) is 13.0 Å². The van der Waals surface area contributed by atoms with E-state index in [0.29, 0.717) is 22.4 Å². The number of hydrogen-bond donors (Lipinski definition) is 0. The summed E-state index contributed by atoms with van der Waals surface area (Å²) in [5, 5.41) is 17.0. The van der Waals surface area contributed by atoms with Crippen molar-refractivity contribution in [2.75, 3.05) is 0 Å². The Morgan fingerprint density at radius 3 is 3.00 bits per heavy atom. The molecule has 0 bridgehead atoms. The number of rotatable bonds is 5. The zero-order valence-corrected chi connectivity index (χ0v) is 16.3. The Labute approximate surface area is 160 Å². The van der Waals surface area contributed by atoms with Crippen molar-refractivity contribution in [3.63, 3.8) is 0 Å². The molecule has 1 saturated carbocycles. The molecular formula is C16H14N6OS3. The molecular weight excluding hydrogens is 388 g/mol. The summed E-state index contributed by atoms with van der Waals surface area (Å²) in [5.74, 6) is 1.59. The number of thiophene rings is 1. The first-order valence-corrected chi connectivity index (χ1v) is 10.9. The van der Waals surface area contributed by atoms with E-state index in [1.165, 1.54) is 34.8 Å². The van der Waals surface area contributed by atoms with Gasteiger partial charge < -0.3 is 0 Å². The molecule has 0 spiro atoms. The smallest absolute Gasteiger partial charge is 0.275 e. The Morgan fingerprint density at radius 1 is 1.35 bits per heavy atom. The maximum Gasteiger partial charge on any atom is 0.275 e. The topological polar surface area (TPSA) is 78.0 Å². The van der Waals surface area contributed by atoms with Crippen molar-refractivity contribution in [1.29, 1.82) is 0 Å². The average Bonchev–Trinajstić information content (AvgIpc) is 3.02. The highest BCUT2D eigenvalue weighted by Gasteiger charge is 2.30. The van der Waals surface area contributed by atoms with Crippen LogP contribution in [-0.2, 0) is 5.75 Å². The Kier molecular flexibility index (Phi) is 3.91. The van der Waals surface area contributed by atoms with Gasteiger partial charge in [-0.1, -0.05) is 29.2 Å². The van der Waals surface area contributed by atoms with Crippen LogP contribution in [0.2, 0.25) is 0 Å². The third-order valence-corrected chi connectivity index (χ3v) is 6.97. The lowest BCUT2D eigenvalue weighted by molar-refractivity contribution is 0.670. The normalized spacial score (nSPS) is 14.3. The lowest BCUT2D eigenvalue weighted by atomic mass is 10.4. The van der Waals surface area contributed by atoms with E-state index in [1.54, 1.807) is 23.1 Å². The summed E-state index contributed by atoms with van der Waals surface area (Å²) in [6.45, 7) is 1.82. The van der Waals surface area contributed by atoms with Crippen LogP contribution in [-0.4, -0.2) is 29.4 Å². The van der Waals surface area contributed by atoms with E-state index in [0.717, 1.165) is 20.9 Å². The third-order valence-electron chi connectivity index (χ3n) is 4.06. The van der Waals surface area contributed by atoms with Crippen LogP contribution >= 0.6 is 34.4 Å². The molecule has 1 aliphatic carbocycles. The van der Waals surface area contributed by atoms with E-state index in [9.17, 15) is 4.79 Å². The fraction of sp³-hybridized carbons (Fsp3) is 0.312. The van der Waals surface area contributed by atoms with Crippen molar-refractivity contribution < 1.29 is 0 Å². The molecule has 0 N–H and O–H groups in total. The zero-order valence-electron chi connectivity index (χ0n) is 13.8. The molecule has 0 unspecified atom stereocenters. The van der Waals surface area contributed by atoms with Gasteiger partial charge in [-0.3, -0.25) is 9.36 Å². The van der Waals surface area contributed by atoms with E-state index in [2.05, 4.69) is 36.3 Å². The van der Waals surface area contributed by atoms with Crippen molar-refractivity contribution in [2.24, 2.45) is 0 Å². The van der Waals surface area contributed by atoms with Crippen LogP contribution in [0, 0.1) is 6.92 Å². The largest absolute Gasteiger partial charge is 0.298 e. The number of hydrogen-bond acceptors (Lipinski definition) is 8. The molecule has 4 heterocycles. The van der Waals surface area contributed by atoms with Crippen LogP contribution in [0.25, 0.3) is 15.7 Å². The molecule has 1 aliphatic rings.